The van der Waals surface area contributed by atoms with Crippen LogP contribution in [0.15, 0.2) is 42.5 Å². The number of aryl methyl sites for hydroxylation is 1. The Morgan fingerprint density at radius 2 is 1.95 bits per heavy atom. The highest BCUT2D eigenvalue weighted by Gasteiger charge is 2.04. The fourth-order valence-corrected chi connectivity index (χ4v) is 1.90. The van der Waals surface area contributed by atoms with Crippen LogP contribution in [0.25, 0.3) is 0 Å². The molecule has 0 radical (unpaired) electrons. The predicted molar refractivity (Wildman–Crippen MR) is 79.6 cm³/mol. The zero-order valence-electron chi connectivity index (χ0n) is 12.1. The Bertz CT molecular complexity index is 581. The molecule has 0 spiro atoms. The zero-order chi connectivity index (χ0) is 14.5. The van der Waals surface area contributed by atoms with Crippen molar-refractivity contribution >= 4 is 0 Å². The molecule has 2 rings (SSSR count). The molecule has 2 aromatic rings. The van der Waals surface area contributed by atoms with Gasteiger partial charge in [-0.05, 0) is 48.4 Å². The van der Waals surface area contributed by atoms with E-state index in [0.717, 1.165) is 23.4 Å². The molecule has 3 heteroatoms. The van der Waals surface area contributed by atoms with Gasteiger partial charge < -0.3 is 10.1 Å². The van der Waals surface area contributed by atoms with Crippen LogP contribution < -0.4 is 10.1 Å². The summed E-state index contributed by atoms with van der Waals surface area (Å²) in [6, 6.07) is 12.9. The Morgan fingerprint density at radius 3 is 2.65 bits per heavy atom. The smallest absolute Gasteiger partial charge is 0.130 e. The van der Waals surface area contributed by atoms with Gasteiger partial charge in [0, 0.05) is 12.6 Å². The summed E-state index contributed by atoms with van der Waals surface area (Å²) in [5, 5.41) is 3.37. The summed E-state index contributed by atoms with van der Waals surface area (Å²) in [5.74, 6) is 1.20. The lowest BCUT2D eigenvalue weighted by molar-refractivity contribution is 0.475. The summed E-state index contributed by atoms with van der Waals surface area (Å²) in [6.45, 7) is 6.87. The van der Waals surface area contributed by atoms with Gasteiger partial charge in [0.15, 0.2) is 0 Å². The van der Waals surface area contributed by atoms with Crippen molar-refractivity contribution < 1.29 is 9.13 Å². The van der Waals surface area contributed by atoms with Crippen molar-refractivity contribution in [1.29, 1.82) is 0 Å². The highest BCUT2D eigenvalue weighted by molar-refractivity contribution is 5.38. The molecule has 0 aromatic heterocycles. The van der Waals surface area contributed by atoms with Gasteiger partial charge in [-0.25, -0.2) is 4.39 Å². The molecule has 2 aromatic carbocycles. The summed E-state index contributed by atoms with van der Waals surface area (Å²) in [6.07, 6.45) is 0. The van der Waals surface area contributed by atoms with Gasteiger partial charge in [-0.15, -0.1) is 0 Å². The number of benzene rings is 2. The number of hydrogen-bond acceptors (Lipinski definition) is 2. The van der Waals surface area contributed by atoms with E-state index in [1.165, 1.54) is 12.1 Å². The third kappa shape index (κ3) is 4.07. The molecule has 0 saturated carbocycles. The third-order valence-corrected chi connectivity index (χ3v) is 2.98. The molecule has 0 aliphatic rings. The normalized spacial score (nSPS) is 10.8. The summed E-state index contributed by atoms with van der Waals surface area (Å²) >= 11 is 0. The second kappa shape index (κ2) is 6.53. The molecular formula is C17H20FNO. The van der Waals surface area contributed by atoms with Crippen LogP contribution in [0, 0.1) is 12.7 Å². The lowest BCUT2D eigenvalue weighted by Gasteiger charge is -2.11. The standard InChI is InChI=1S/C17H20FNO/c1-12(2)19-11-14-5-4-6-16(10-14)20-17-8-7-15(18)9-13(17)3/h4-10,12,19H,11H2,1-3H3. The molecule has 0 atom stereocenters. The average molecular weight is 273 g/mol. The summed E-state index contributed by atoms with van der Waals surface area (Å²) in [7, 11) is 0. The van der Waals surface area contributed by atoms with Crippen molar-refractivity contribution in [1.82, 2.24) is 5.32 Å². The maximum Gasteiger partial charge on any atom is 0.130 e. The molecule has 0 bridgehead atoms. The molecule has 1 N–H and O–H groups in total. The molecule has 0 unspecified atom stereocenters. The van der Waals surface area contributed by atoms with Crippen molar-refractivity contribution in [2.24, 2.45) is 0 Å². The van der Waals surface area contributed by atoms with Gasteiger partial charge in [0.2, 0.25) is 0 Å². The minimum absolute atomic E-state index is 0.246. The first-order chi connectivity index (χ1) is 9.54. The van der Waals surface area contributed by atoms with E-state index in [1.54, 1.807) is 6.07 Å². The van der Waals surface area contributed by atoms with Crippen LogP contribution in [0.4, 0.5) is 4.39 Å². The van der Waals surface area contributed by atoms with Gasteiger partial charge in [-0.2, -0.15) is 0 Å². The SMILES string of the molecule is Cc1cc(F)ccc1Oc1cccc(CNC(C)C)c1. The van der Waals surface area contributed by atoms with Crippen molar-refractivity contribution in [3.63, 3.8) is 0 Å². The average Bonchev–Trinajstić information content (AvgIpc) is 2.40. The second-order valence-corrected chi connectivity index (χ2v) is 5.19. The molecule has 0 saturated heterocycles. The van der Waals surface area contributed by atoms with Gasteiger partial charge >= 0.3 is 0 Å². The predicted octanol–water partition coefficient (Wildman–Crippen LogP) is 4.42. The van der Waals surface area contributed by atoms with Crippen LogP contribution in [-0.2, 0) is 6.54 Å². The molecule has 0 aliphatic carbocycles. The fraction of sp³-hybridized carbons (Fsp3) is 0.294. The fourth-order valence-electron chi connectivity index (χ4n) is 1.90. The number of halogens is 1. The zero-order valence-corrected chi connectivity index (χ0v) is 12.1. The molecular weight excluding hydrogens is 253 g/mol. The number of rotatable bonds is 5. The quantitative estimate of drug-likeness (QED) is 0.870. The Kier molecular flexibility index (Phi) is 4.74. The Morgan fingerprint density at radius 1 is 1.15 bits per heavy atom. The van der Waals surface area contributed by atoms with Crippen molar-refractivity contribution in [2.45, 2.75) is 33.4 Å². The second-order valence-electron chi connectivity index (χ2n) is 5.19. The molecule has 0 amide bonds. The van der Waals surface area contributed by atoms with E-state index in [0.29, 0.717) is 11.8 Å². The first kappa shape index (κ1) is 14.5. The first-order valence-electron chi connectivity index (χ1n) is 6.81. The van der Waals surface area contributed by atoms with Crippen molar-refractivity contribution in [2.75, 3.05) is 0 Å². The Hall–Kier alpha value is -1.87. The van der Waals surface area contributed by atoms with Gasteiger partial charge in [0.1, 0.15) is 17.3 Å². The lowest BCUT2D eigenvalue weighted by Crippen LogP contribution is -2.21. The Labute approximate surface area is 119 Å². The maximum atomic E-state index is 13.1. The monoisotopic (exact) mass is 273 g/mol. The van der Waals surface area contributed by atoms with E-state index >= 15 is 0 Å². The summed E-state index contributed by atoms with van der Waals surface area (Å²) < 4.78 is 18.9. The van der Waals surface area contributed by atoms with Crippen LogP contribution >= 0.6 is 0 Å². The molecule has 2 nitrogen and oxygen atoms in total. The van der Waals surface area contributed by atoms with Crippen LogP contribution in [-0.4, -0.2) is 6.04 Å². The highest BCUT2D eigenvalue weighted by Crippen LogP contribution is 2.26. The van der Waals surface area contributed by atoms with E-state index in [4.69, 9.17) is 4.74 Å². The van der Waals surface area contributed by atoms with E-state index in [1.807, 2.05) is 25.1 Å². The van der Waals surface area contributed by atoms with Crippen LogP contribution in [0.3, 0.4) is 0 Å². The van der Waals surface area contributed by atoms with E-state index in [-0.39, 0.29) is 5.82 Å². The van der Waals surface area contributed by atoms with Gasteiger partial charge in [-0.3, -0.25) is 0 Å². The molecule has 0 fully saturated rings. The largest absolute Gasteiger partial charge is 0.457 e. The minimum Gasteiger partial charge on any atom is -0.457 e. The van der Waals surface area contributed by atoms with E-state index in [9.17, 15) is 4.39 Å². The topological polar surface area (TPSA) is 21.3 Å². The number of nitrogens with one attached hydrogen (secondary N) is 1. The van der Waals surface area contributed by atoms with Gasteiger partial charge in [0.25, 0.3) is 0 Å². The van der Waals surface area contributed by atoms with E-state index in [2.05, 4.69) is 25.2 Å². The minimum atomic E-state index is -0.246. The molecule has 0 heterocycles. The Balaban J connectivity index is 2.11. The van der Waals surface area contributed by atoms with Crippen molar-refractivity contribution in [3.05, 3.63) is 59.4 Å². The third-order valence-electron chi connectivity index (χ3n) is 2.98. The first-order valence-corrected chi connectivity index (χ1v) is 6.81. The maximum absolute atomic E-state index is 13.1. The lowest BCUT2D eigenvalue weighted by atomic mass is 10.2. The van der Waals surface area contributed by atoms with Gasteiger partial charge in [-0.1, -0.05) is 26.0 Å². The van der Waals surface area contributed by atoms with Crippen LogP contribution in [0.1, 0.15) is 25.0 Å². The molecule has 106 valence electrons. The highest BCUT2D eigenvalue weighted by atomic mass is 19.1. The van der Waals surface area contributed by atoms with Crippen LogP contribution in [0.5, 0.6) is 11.5 Å². The number of hydrogen-bond donors (Lipinski definition) is 1. The van der Waals surface area contributed by atoms with Gasteiger partial charge in [0.05, 0.1) is 0 Å². The summed E-state index contributed by atoms with van der Waals surface area (Å²) in [5.41, 5.74) is 1.95. The number of ether oxygens (including phenoxy) is 1. The molecule has 0 aliphatic heterocycles. The van der Waals surface area contributed by atoms with Crippen molar-refractivity contribution in [3.8, 4) is 11.5 Å². The summed E-state index contributed by atoms with van der Waals surface area (Å²) in [4.78, 5) is 0. The van der Waals surface area contributed by atoms with Crippen LogP contribution in [0.2, 0.25) is 0 Å². The van der Waals surface area contributed by atoms with E-state index < -0.39 is 0 Å². The molecule has 20 heavy (non-hydrogen) atoms.